The van der Waals surface area contributed by atoms with Crippen LogP contribution in [-0.2, 0) is 4.79 Å². The van der Waals surface area contributed by atoms with Crippen LogP contribution in [-0.4, -0.2) is 18.1 Å². The Hall–Kier alpha value is -1.75. The number of amides is 1. The van der Waals surface area contributed by atoms with Crippen LogP contribution in [0.25, 0.3) is 0 Å². The largest absolute Gasteiger partial charge is 0.507 e. The molecule has 5 nitrogen and oxygen atoms in total. The number of methoxy groups -OCH3 is 1. The summed E-state index contributed by atoms with van der Waals surface area (Å²) in [6.07, 6.45) is -0.000110. The van der Waals surface area contributed by atoms with Gasteiger partial charge in [-0.1, -0.05) is 6.07 Å². The first-order valence-corrected chi connectivity index (χ1v) is 4.45. The fourth-order valence-corrected chi connectivity index (χ4v) is 1.29. The van der Waals surface area contributed by atoms with Gasteiger partial charge in [-0.3, -0.25) is 4.79 Å². The van der Waals surface area contributed by atoms with Crippen molar-refractivity contribution in [1.29, 1.82) is 0 Å². The molecule has 0 aromatic heterocycles. The third kappa shape index (κ3) is 2.85. The molecule has 82 valence electrons. The molecule has 1 amide bonds. The minimum Gasteiger partial charge on any atom is -0.507 e. The fourth-order valence-electron chi connectivity index (χ4n) is 1.29. The Balaban J connectivity index is 2.90. The van der Waals surface area contributed by atoms with Gasteiger partial charge < -0.3 is 21.3 Å². The second-order valence-electron chi connectivity index (χ2n) is 3.20. The molecule has 1 rings (SSSR count). The highest BCUT2D eigenvalue weighted by Crippen LogP contribution is 2.28. The van der Waals surface area contributed by atoms with Crippen molar-refractivity contribution in [3.8, 4) is 11.5 Å². The number of carbonyl (C=O) groups is 1. The number of benzene rings is 1. The summed E-state index contributed by atoms with van der Waals surface area (Å²) in [5, 5.41) is 9.59. The van der Waals surface area contributed by atoms with Crippen LogP contribution in [0.15, 0.2) is 18.2 Å². The number of ether oxygens (including phenoxy) is 1. The minimum absolute atomic E-state index is 0.000110. The van der Waals surface area contributed by atoms with E-state index in [1.165, 1.54) is 13.2 Å². The number of hydrogen-bond donors (Lipinski definition) is 3. The average molecular weight is 210 g/mol. The molecule has 5 N–H and O–H groups in total. The smallest absolute Gasteiger partial charge is 0.219 e. The topological polar surface area (TPSA) is 98.6 Å². The number of carbonyl (C=O) groups excluding carboxylic acids is 1. The molecule has 1 atom stereocenters. The second kappa shape index (κ2) is 4.65. The number of aromatic hydroxyl groups is 1. The van der Waals surface area contributed by atoms with Gasteiger partial charge in [-0.25, -0.2) is 0 Å². The molecule has 1 aromatic carbocycles. The van der Waals surface area contributed by atoms with Crippen LogP contribution < -0.4 is 16.2 Å². The molecular weight excluding hydrogens is 196 g/mol. The van der Waals surface area contributed by atoms with Crippen LogP contribution in [0.3, 0.4) is 0 Å². The molecule has 0 saturated carbocycles. The average Bonchev–Trinajstić information content (AvgIpc) is 2.16. The highest BCUT2D eigenvalue weighted by molar-refractivity contribution is 5.74. The Morgan fingerprint density at radius 1 is 1.60 bits per heavy atom. The molecule has 0 saturated heterocycles. The summed E-state index contributed by atoms with van der Waals surface area (Å²) in [6, 6.07) is 4.13. The molecule has 0 heterocycles. The number of hydrogen-bond acceptors (Lipinski definition) is 4. The van der Waals surface area contributed by atoms with Crippen LogP contribution in [0.4, 0.5) is 0 Å². The van der Waals surface area contributed by atoms with Gasteiger partial charge in [0.15, 0.2) is 0 Å². The molecule has 0 aliphatic heterocycles. The van der Waals surface area contributed by atoms with Crippen LogP contribution >= 0.6 is 0 Å². The Kier molecular flexibility index (Phi) is 3.51. The lowest BCUT2D eigenvalue weighted by Crippen LogP contribution is -2.20. The molecule has 5 heteroatoms. The summed E-state index contributed by atoms with van der Waals surface area (Å²) in [7, 11) is 1.50. The Morgan fingerprint density at radius 3 is 2.73 bits per heavy atom. The molecular formula is C10H14N2O3. The van der Waals surface area contributed by atoms with E-state index < -0.39 is 11.9 Å². The highest BCUT2D eigenvalue weighted by atomic mass is 16.5. The maximum absolute atomic E-state index is 10.7. The van der Waals surface area contributed by atoms with E-state index in [0.717, 1.165) is 0 Å². The highest BCUT2D eigenvalue weighted by Gasteiger charge is 2.13. The lowest BCUT2D eigenvalue weighted by Gasteiger charge is -2.12. The molecule has 0 radical (unpaired) electrons. The van der Waals surface area contributed by atoms with Crippen molar-refractivity contribution in [2.24, 2.45) is 11.5 Å². The molecule has 1 aromatic rings. The standard InChI is InChI=1S/C10H14N2O3/c1-15-6-2-3-7(9(13)4-6)8(11)5-10(12)14/h2-4,8,13H,5,11H2,1H3,(H2,12,14). The van der Waals surface area contributed by atoms with Crippen LogP contribution in [0.5, 0.6) is 11.5 Å². The zero-order chi connectivity index (χ0) is 11.4. The SMILES string of the molecule is COc1ccc(C(N)CC(N)=O)c(O)c1. The summed E-state index contributed by atoms with van der Waals surface area (Å²) in [5.41, 5.74) is 11.2. The van der Waals surface area contributed by atoms with Gasteiger partial charge in [0.1, 0.15) is 11.5 Å². The lowest BCUT2D eigenvalue weighted by molar-refractivity contribution is -0.118. The molecule has 0 spiro atoms. The van der Waals surface area contributed by atoms with Gasteiger partial charge in [0.25, 0.3) is 0 Å². The zero-order valence-corrected chi connectivity index (χ0v) is 8.43. The first-order valence-electron chi connectivity index (χ1n) is 4.45. The van der Waals surface area contributed by atoms with E-state index in [1.54, 1.807) is 12.1 Å². The predicted molar refractivity (Wildman–Crippen MR) is 55.4 cm³/mol. The van der Waals surface area contributed by atoms with Gasteiger partial charge in [0, 0.05) is 24.1 Å². The van der Waals surface area contributed by atoms with Crippen LogP contribution in [0.1, 0.15) is 18.0 Å². The minimum atomic E-state index is -0.589. The summed E-state index contributed by atoms with van der Waals surface area (Å²) < 4.78 is 4.92. The molecule has 0 fully saturated rings. The first-order chi connectivity index (χ1) is 7.04. The molecule has 0 bridgehead atoms. The Morgan fingerprint density at radius 2 is 2.27 bits per heavy atom. The van der Waals surface area contributed by atoms with Crippen molar-refractivity contribution in [3.05, 3.63) is 23.8 Å². The van der Waals surface area contributed by atoms with Crippen molar-refractivity contribution in [2.75, 3.05) is 7.11 Å². The van der Waals surface area contributed by atoms with Gasteiger partial charge in [0.2, 0.25) is 5.91 Å². The van der Waals surface area contributed by atoms with E-state index in [4.69, 9.17) is 16.2 Å². The maximum Gasteiger partial charge on any atom is 0.219 e. The fraction of sp³-hybridized carbons (Fsp3) is 0.300. The van der Waals surface area contributed by atoms with Gasteiger partial charge in [0.05, 0.1) is 7.11 Å². The summed E-state index contributed by atoms with van der Waals surface area (Å²) in [5.74, 6) is 0.0309. The van der Waals surface area contributed by atoms with E-state index >= 15 is 0 Å². The quantitative estimate of drug-likeness (QED) is 0.664. The van der Waals surface area contributed by atoms with E-state index in [2.05, 4.69) is 0 Å². The van der Waals surface area contributed by atoms with Crippen LogP contribution in [0.2, 0.25) is 0 Å². The van der Waals surface area contributed by atoms with Crippen molar-refractivity contribution in [3.63, 3.8) is 0 Å². The van der Waals surface area contributed by atoms with E-state index in [0.29, 0.717) is 11.3 Å². The Labute approximate surface area is 87.6 Å². The van der Waals surface area contributed by atoms with E-state index in [9.17, 15) is 9.90 Å². The number of primary amides is 1. The van der Waals surface area contributed by atoms with Gasteiger partial charge >= 0.3 is 0 Å². The monoisotopic (exact) mass is 210 g/mol. The summed E-state index contributed by atoms with van der Waals surface area (Å²) >= 11 is 0. The predicted octanol–water partition coefficient (Wildman–Crippen LogP) is 0.276. The molecule has 1 unspecified atom stereocenters. The van der Waals surface area contributed by atoms with Crippen molar-refractivity contribution >= 4 is 5.91 Å². The first kappa shape index (κ1) is 11.3. The maximum atomic E-state index is 10.7. The third-order valence-corrected chi connectivity index (χ3v) is 2.06. The van der Waals surface area contributed by atoms with Crippen molar-refractivity contribution in [2.45, 2.75) is 12.5 Å². The molecule has 15 heavy (non-hydrogen) atoms. The normalized spacial score (nSPS) is 12.1. The van der Waals surface area contributed by atoms with Gasteiger partial charge in [-0.2, -0.15) is 0 Å². The second-order valence-corrected chi connectivity index (χ2v) is 3.20. The Bertz CT molecular complexity index is 366. The number of phenolic OH excluding ortho intramolecular Hbond substituents is 1. The molecule has 0 aliphatic rings. The summed E-state index contributed by atoms with van der Waals surface area (Å²) in [4.78, 5) is 10.7. The lowest BCUT2D eigenvalue weighted by atomic mass is 10.0. The molecule has 0 aliphatic carbocycles. The third-order valence-electron chi connectivity index (χ3n) is 2.06. The zero-order valence-electron chi connectivity index (χ0n) is 8.43. The van der Waals surface area contributed by atoms with Gasteiger partial charge in [-0.05, 0) is 6.07 Å². The van der Waals surface area contributed by atoms with Gasteiger partial charge in [-0.15, -0.1) is 0 Å². The number of phenols is 1. The van der Waals surface area contributed by atoms with Crippen LogP contribution in [0, 0.1) is 0 Å². The van der Waals surface area contributed by atoms with E-state index in [-0.39, 0.29) is 12.2 Å². The van der Waals surface area contributed by atoms with Crippen molar-refractivity contribution in [1.82, 2.24) is 0 Å². The van der Waals surface area contributed by atoms with E-state index in [1.807, 2.05) is 0 Å². The van der Waals surface area contributed by atoms with Crippen molar-refractivity contribution < 1.29 is 14.6 Å². The number of nitrogens with two attached hydrogens (primary N) is 2. The number of rotatable bonds is 4. The summed E-state index contributed by atoms with van der Waals surface area (Å²) in [6.45, 7) is 0.